The van der Waals surface area contributed by atoms with E-state index < -0.39 is 0 Å². The summed E-state index contributed by atoms with van der Waals surface area (Å²) in [6, 6.07) is 4.28. The summed E-state index contributed by atoms with van der Waals surface area (Å²) in [5, 5.41) is 0. The van der Waals surface area contributed by atoms with E-state index in [4.69, 9.17) is 10.5 Å². The molecule has 1 aliphatic rings. The smallest absolute Gasteiger partial charge is 0.0575 e. The first-order chi connectivity index (χ1) is 8.34. The van der Waals surface area contributed by atoms with E-state index in [1.807, 2.05) is 12.3 Å². The van der Waals surface area contributed by atoms with Crippen LogP contribution in [0.2, 0.25) is 0 Å². The lowest BCUT2D eigenvalue weighted by Gasteiger charge is -2.23. The summed E-state index contributed by atoms with van der Waals surface area (Å²) in [6.07, 6.45) is 10.9. The van der Waals surface area contributed by atoms with Gasteiger partial charge in [0.1, 0.15) is 0 Å². The third-order valence-electron chi connectivity index (χ3n) is 3.35. The summed E-state index contributed by atoms with van der Waals surface area (Å²) < 4.78 is 5.71. The minimum Gasteiger partial charge on any atom is -0.378 e. The van der Waals surface area contributed by atoms with Crippen molar-refractivity contribution in [2.24, 2.45) is 5.73 Å². The summed E-state index contributed by atoms with van der Waals surface area (Å²) in [5.41, 5.74) is 7.37. The van der Waals surface area contributed by atoms with Crippen LogP contribution < -0.4 is 5.73 Å². The van der Waals surface area contributed by atoms with Crippen molar-refractivity contribution in [3.63, 3.8) is 0 Å². The van der Waals surface area contributed by atoms with Gasteiger partial charge < -0.3 is 10.5 Å². The van der Waals surface area contributed by atoms with E-state index >= 15 is 0 Å². The Morgan fingerprint density at radius 2 is 2.41 bits per heavy atom. The van der Waals surface area contributed by atoms with Gasteiger partial charge in [-0.1, -0.05) is 6.07 Å². The Morgan fingerprint density at radius 1 is 1.47 bits per heavy atom. The molecule has 1 aromatic heterocycles. The maximum atomic E-state index is 6.14. The minimum atomic E-state index is 0.227. The lowest BCUT2D eigenvalue weighted by Crippen LogP contribution is -2.27. The van der Waals surface area contributed by atoms with Gasteiger partial charge in [0.25, 0.3) is 0 Å². The van der Waals surface area contributed by atoms with Crippen molar-refractivity contribution >= 4 is 0 Å². The van der Waals surface area contributed by atoms with Gasteiger partial charge in [-0.25, -0.2) is 0 Å². The van der Waals surface area contributed by atoms with Crippen LogP contribution in [-0.2, 0) is 11.2 Å². The second kappa shape index (κ2) is 6.72. The molecule has 0 radical (unpaired) electrons. The molecule has 17 heavy (non-hydrogen) atoms. The second-order valence-corrected chi connectivity index (χ2v) is 4.89. The SMILES string of the molecule is NC(CCC1CCCCO1)Cc1cccnc1. The molecule has 0 amide bonds. The summed E-state index contributed by atoms with van der Waals surface area (Å²) >= 11 is 0. The van der Waals surface area contributed by atoms with Crippen molar-refractivity contribution in [1.82, 2.24) is 4.98 Å². The van der Waals surface area contributed by atoms with Crippen molar-refractivity contribution < 1.29 is 4.74 Å². The Bertz CT molecular complexity index is 309. The van der Waals surface area contributed by atoms with Crippen molar-refractivity contribution in [3.05, 3.63) is 30.1 Å². The first-order valence-electron chi connectivity index (χ1n) is 6.60. The van der Waals surface area contributed by atoms with Crippen LogP contribution in [0.15, 0.2) is 24.5 Å². The van der Waals surface area contributed by atoms with Gasteiger partial charge in [0.05, 0.1) is 6.10 Å². The first kappa shape index (κ1) is 12.5. The minimum absolute atomic E-state index is 0.227. The number of rotatable bonds is 5. The number of hydrogen-bond acceptors (Lipinski definition) is 3. The van der Waals surface area contributed by atoms with E-state index in [2.05, 4.69) is 11.1 Å². The maximum Gasteiger partial charge on any atom is 0.0575 e. The van der Waals surface area contributed by atoms with Gasteiger partial charge in [0.15, 0.2) is 0 Å². The standard InChI is InChI=1S/C14H22N2O/c15-13(10-12-4-3-8-16-11-12)6-7-14-5-1-2-9-17-14/h3-4,8,11,13-14H,1-2,5-7,9-10,15H2. The van der Waals surface area contributed by atoms with E-state index in [-0.39, 0.29) is 6.04 Å². The summed E-state index contributed by atoms with van der Waals surface area (Å²) in [4.78, 5) is 4.11. The Balaban J connectivity index is 1.68. The molecule has 2 unspecified atom stereocenters. The van der Waals surface area contributed by atoms with Crippen LogP contribution in [0.1, 0.15) is 37.7 Å². The van der Waals surface area contributed by atoms with Crippen LogP contribution in [0.5, 0.6) is 0 Å². The highest BCUT2D eigenvalue weighted by molar-refractivity contribution is 5.09. The summed E-state index contributed by atoms with van der Waals surface area (Å²) in [5.74, 6) is 0. The Labute approximate surface area is 103 Å². The predicted octanol–water partition coefficient (Wildman–Crippen LogP) is 2.30. The van der Waals surface area contributed by atoms with E-state index in [1.54, 1.807) is 6.20 Å². The fraction of sp³-hybridized carbons (Fsp3) is 0.643. The average Bonchev–Trinajstić information content (AvgIpc) is 2.39. The van der Waals surface area contributed by atoms with E-state index in [9.17, 15) is 0 Å². The maximum absolute atomic E-state index is 6.14. The molecule has 1 saturated heterocycles. The molecule has 0 saturated carbocycles. The van der Waals surface area contributed by atoms with Crippen molar-refractivity contribution in [3.8, 4) is 0 Å². The van der Waals surface area contributed by atoms with Gasteiger partial charge in [0, 0.05) is 25.0 Å². The lowest BCUT2D eigenvalue weighted by molar-refractivity contribution is 0.00915. The number of nitrogens with two attached hydrogens (primary N) is 1. The number of ether oxygens (including phenoxy) is 1. The van der Waals surface area contributed by atoms with Crippen LogP contribution >= 0.6 is 0 Å². The van der Waals surface area contributed by atoms with Gasteiger partial charge in [-0.3, -0.25) is 4.98 Å². The quantitative estimate of drug-likeness (QED) is 0.850. The van der Waals surface area contributed by atoms with Gasteiger partial charge in [0.2, 0.25) is 0 Å². The molecule has 3 heteroatoms. The molecule has 2 atom stereocenters. The number of nitrogens with zero attached hydrogens (tertiary/aromatic N) is 1. The molecule has 0 spiro atoms. The zero-order valence-corrected chi connectivity index (χ0v) is 10.3. The Hall–Kier alpha value is -0.930. The highest BCUT2D eigenvalue weighted by Gasteiger charge is 2.15. The Kier molecular flexibility index (Phi) is 4.95. The zero-order valence-electron chi connectivity index (χ0n) is 10.3. The van der Waals surface area contributed by atoms with E-state index in [1.165, 1.54) is 24.8 Å². The molecular formula is C14H22N2O. The van der Waals surface area contributed by atoms with Crippen LogP contribution in [0.4, 0.5) is 0 Å². The van der Waals surface area contributed by atoms with Crippen molar-refractivity contribution in [1.29, 1.82) is 0 Å². The summed E-state index contributed by atoms with van der Waals surface area (Å²) in [6.45, 7) is 0.933. The van der Waals surface area contributed by atoms with Crippen LogP contribution in [0.25, 0.3) is 0 Å². The third-order valence-corrected chi connectivity index (χ3v) is 3.35. The molecule has 2 N–H and O–H groups in total. The molecule has 1 aromatic rings. The highest BCUT2D eigenvalue weighted by atomic mass is 16.5. The van der Waals surface area contributed by atoms with Gasteiger partial charge >= 0.3 is 0 Å². The molecule has 0 aromatic carbocycles. The number of hydrogen-bond donors (Lipinski definition) is 1. The average molecular weight is 234 g/mol. The van der Waals surface area contributed by atoms with Crippen molar-refractivity contribution in [2.75, 3.05) is 6.61 Å². The highest BCUT2D eigenvalue weighted by Crippen LogP contribution is 2.18. The molecular weight excluding hydrogens is 212 g/mol. The molecule has 0 bridgehead atoms. The fourth-order valence-electron chi connectivity index (χ4n) is 2.36. The van der Waals surface area contributed by atoms with Gasteiger partial charge in [-0.15, -0.1) is 0 Å². The summed E-state index contributed by atoms with van der Waals surface area (Å²) in [7, 11) is 0. The van der Waals surface area contributed by atoms with Crippen LogP contribution in [-0.4, -0.2) is 23.7 Å². The second-order valence-electron chi connectivity index (χ2n) is 4.89. The van der Waals surface area contributed by atoms with E-state index in [0.717, 1.165) is 25.9 Å². The molecule has 3 nitrogen and oxygen atoms in total. The largest absolute Gasteiger partial charge is 0.378 e. The molecule has 0 aliphatic carbocycles. The monoisotopic (exact) mass is 234 g/mol. The number of pyridine rings is 1. The fourth-order valence-corrected chi connectivity index (χ4v) is 2.36. The Morgan fingerprint density at radius 3 is 3.12 bits per heavy atom. The topological polar surface area (TPSA) is 48.1 Å². The van der Waals surface area contributed by atoms with Crippen LogP contribution in [0, 0.1) is 0 Å². The van der Waals surface area contributed by atoms with Gasteiger partial charge in [-0.2, -0.15) is 0 Å². The molecule has 2 heterocycles. The van der Waals surface area contributed by atoms with Crippen LogP contribution in [0.3, 0.4) is 0 Å². The first-order valence-corrected chi connectivity index (χ1v) is 6.60. The number of aromatic nitrogens is 1. The normalized spacial score (nSPS) is 22.3. The predicted molar refractivity (Wildman–Crippen MR) is 68.7 cm³/mol. The molecule has 94 valence electrons. The molecule has 2 rings (SSSR count). The van der Waals surface area contributed by atoms with Gasteiger partial charge in [-0.05, 0) is 50.2 Å². The third kappa shape index (κ3) is 4.44. The lowest BCUT2D eigenvalue weighted by atomic mass is 9.99. The molecule has 1 fully saturated rings. The zero-order chi connectivity index (χ0) is 11.9. The van der Waals surface area contributed by atoms with Crippen molar-refractivity contribution in [2.45, 2.75) is 50.7 Å². The molecule has 1 aliphatic heterocycles. The van der Waals surface area contributed by atoms with E-state index in [0.29, 0.717) is 6.10 Å².